The van der Waals surface area contributed by atoms with Gasteiger partial charge >= 0.3 is 0 Å². The highest BCUT2D eigenvalue weighted by atomic mass is 32.2. The van der Waals surface area contributed by atoms with Gasteiger partial charge in [-0.2, -0.15) is 4.31 Å². The summed E-state index contributed by atoms with van der Waals surface area (Å²) in [4.78, 5) is 1.10. The largest absolute Gasteiger partial charge is 0.315 e. The Hall–Kier alpha value is -0.430. The number of thiophene rings is 1. The lowest BCUT2D eigenvalue weighted by Crippen LogP contribution is -2.39. The first-order chi connectivity index (χ1) is 9.86. The van der Waals surface area contributed by atoms with Crippen molar-refractivity contribution in [1.29, 1.82) is 0 Å². The normalized spacial score (nSPS) is 18.5. The molecule has 0 bridgehead atoms. The summed E-state index contributed by atoms with van der Waals surface area (Å²) in [6, 6.07) is 1.82. The maximum Gasteiger partial charge on any atom is 0.252 e. The molecule has 6 heteroatoms. The zero-order chi connectivity index (χ0) is 15.6. The maximum atomic E-state index is 12.7. The Labute approximate surface area is 132 Å². The summed E-state index contributed by atoms with van der Waals surface area (Å²) in [5, 5.41) is 3.09. The average Bonchev–Trinajstić information content (AvgIpc) is 2.81. The number of nitrogens with one attached hydrogen (secondary N) is 1. The SMILES string of the molecule is CNCc1sc(S(=O)(=O)N2CCC(C(C)C)CC2)cc1C. The van der Waals surface area contributed by atoms with Crippen LogP contribution >= 0.6 is 11.3 Å². The molecule has 0 amide bonds. The van der Waals surface area contributed by atoms with Gasteiger partial charge in [-0.1, -0.05) is 13.8 Å². The fraction of sp³-hybridized carbons (Fsp3) is 0.733. The van der Waals surface area contributed by atoms with E-state index in [2.05, 4.69) is 19.2 Å². The van der Waals surface area contributed by atoms with E-state index in [0.717, 1.165) is 29.8 Å². The minimum absolute atomic E-state index is 0.494. The molecule has 1 fully saturated rings. The molecule has 1 aliphatic heterocycles. The molecule has 2 rings (SSSR count). The molecular weight excluding hydrogens is 304 g/mol. The van der Waals surface area contributed by atoms with Crippen LogP contribution in [-0.4, -0.2) is 32.9 Å². The van der Waals surface area contributed by atoms with E-state index in [1.165, 1.54) is 11.3 Å². The quantitative estimate of drug-likeness (QED) is 0.903. The van der Waals surface area contributed by atoms with Crippen LogP contribution in [0.5, 0.6) is 0 Å². The highest BCUT2D eigenvalue weighted by Gasteiger charge is 2.31. The van der Waals surface area contributed by atoms with Crippen molar-refractivity contribution in [2.45, 2.75) is 44.4 Å². The van der Waals surface area contributed by atoms with E-state index < -0.39 is 10.0 Å². The summed E-state index contributed by atoms with van der Waals surface area (Å²) in [6.07, 6.45) is 1.95. The molecule has 0 radical (unpaired) electrons. The first kappa shape index (κ1) is 16.9. The summed E-state index contributed by atoms with van der Waals surface area (Å²) in [5.74, 6) is 1.29. The van der Waals surface area contributed by atoms with Crippen LogP contribution in [0.3, 0.4) is 0 Å². The maximum absolute atomic E-state index is 12.7. The zero-order valence-corrected chi connectivity index (χ0v) is 15.0. The molecular formula is C15H26N2O2S2. The van der Waals surface area contributed by atoms with Gasteiger partial charge in [0.1, 0.15) is 4.21 Å². The molecule has 0 spiro atoms. The zero-order valence-electron chi connectivity index (χ0n) is 13.3. The van der Waals surface area contributed by atoms with Crippen LogP contribution < -0.4 is 5.32 Å². The van der Waals surface area contributed by atoms with Crippen LogP contribution in [-0.2, 0) is 16.6 Å². The minimum atomic E-state index is -3.31. The predicted molar refractivity (Wildman–Crippen MR) is 88.1 cm³/mol. The van der Waals surface area contributed by atoms with E-state index in [4.69, 9.17) is 0 Å². The highest BCUT2D eigenvalue weighted by Crippen LogP contribution is 2.32. The van der Waals surface area contributed by atoms with E-state index in [9.17, 15) is 8.42 Å². The lowest BCUT2D eigenvalue weighted by Gasteiger charge is -2.32. The second-order valence-corrected chi connectivity index (χ2v) is 9.49. The third kappa shape index (κ3) is 3.67. The summed E-state index contributed by atoms with van der Waals surface area (Å²) >= 11 is 1.40. The van der Waals surface area contributed by atoms with Crippen molar-refractivity contribution in [3.63, 3.8) is 0 Å². The highest BCUT2D eigenvalue weighted by molar-refractivity contribution is 7.91. The Morgan fingerprint density at radius 3 is 2.52 bits per heavy atom. The summed E-state index contributed by atoms with van der Waals surface area (Å²) in [7, 11) is -1.43. The smallest absolute Gasteiger partial charge is 0.252 e. The topological polar surface area (TPSA) is 49.4 Å². The second-order valence-electron chi connectivity index (χ2n) is 6.19. The lowest BCUT2D eigenvalue weighted by molar-refractivity contribution is 0.227. The molecule has 1 N–H and O–H groups in total. The average molecular weight is 331 g/mol. The van der Waals surface area contributed by atoms with Gasteiger partial charge in [0.05, 0.1) is 0 Å². The summed E-state index contributed by atoms with van der Waals surface area (Å²) in [6.45, 7) is 8.46. The standard InChI is InChI=1S/C15H26N2O2S2/c1-11(2)13-5-7-17(8-6-13)21(18,19)15-9-12(3)14(20-15)10-16-4/h9,11,13,16H,5-8,10H2,1-4H3. The Bertz CT molecular complexity index is 570. The third-order valence-corrected chi connectivity index (χ3v) is 7.96. The number of piperidine rings is 1. The number of nitrogens with zero attached hydrogens (tertiary/aromatic N) is 1. The fourth-order valence-electron chi connectivity index (χ4n) is 2.86. The van der Waals surface area contributed by atoms with Crippen molar-refractivity contribution in [3.05, 3.63) is 16.5 Å². The predicted octanol–water partition coefficient (Wildman–Crippen LogP) is 2.83. The number of sulfonamides is 1. The van der Waals surface area contributed by atoms with Crippen molar-refractivity contribution in [2.24, 2.45) is 11.8 Å². The van der Waals surface area contributed by atoms with E-state index in [1.807, 2.05) is 20.0 Å². The van der Waals surface area contributed by atoms with Crippen LogP contribution in [0.1, 0.15) is 37.1 Å². The fourth-order valence-corrected chi connectivity index (χ4v) is 6.09. The molecule has 1 saturated heterocycles. The molecule has 0 aromatic carbocycles. The van der Waals surface area contributed by atoms with E-state index >= 15 is 0 Å². The van der Waals surface area contributed by atoms with Crippen molar-refractivity contribution < 1.29 is 8.42 Å². The van der Waals surface area contributed by atoms with Gasteiger partial charge in [-0.3, -0.25) is 0 Å². The monoisotopic (exact) mass is 330 g/mol. The third-order valence-electron chi connectivity index (χ3n) is 4.37. The number of aryl methyl sites for hydroxylation is 1. The van der Waals surface area contributed by atoms with Crippen LogP contribution in [0.2, 0.25) is 0 Å². The van der Waals surface area contributed by atoms with E-state index in [0.29, 0.717) is 29.1 Å². The van der Waals surface area contributed by atoms with Crippen LogP contribution in [0.25, 0.3) is 0 Å². The molecule has 0 atom stereocenters. The summed E-state index contributed by atoms with van der Waals surface area (Å²) in [5.41, 5.74) is 1.06. The molecule has 1 aromatic rings. The molecule has 2 heterocycles. The molecule has 4 nitrogen and oxygen atoms in total. The summed E-state index contributed by atoms with van der Waals surface area (Å²) < 4.78 is 27.7. The Morgan fingerprint density at radius 1 is 1.38 bits per heavy atom. The van der Waals surface area contributed by atoms with Gasteiger partial charge in [0.25, 0.3) is 10.0 Å². The van der Waals surface area contributed by atoms with Crippen molar-refractivity contribution >= 4 is 21.4 Å². The molecule has 21 heavy (non-hydrogen) atoms. The Morgan fingerprint density at radius 2 is 2.00 bits per heavy atom. The van der Waals surface area contributed by atoms with Gasteiger partial charge < -0.3 is 5.32 Å². The first-order valence-corrected chi connectivity index (χ1v) is 9.86. The lowest BCUT2D eigenvalue weighted by atomic mass is 9.87. The number of hydrogen-bond acceptors (Lipinski definition) is 4. The Kier molecular flexibility index (Phi) is 5.46. The van der Waals surface area contributed by atoms with Crippen LogP contribution in [0.15, 0.2) is 10.3 Å². The van der Waals surface area contributed by atoms with Crippen LogP contribution in [0, 0.1) is 18.8 Å². The molecule has 1 aromatic heterocycles. The first-order valence-electron chi connectivity index (χ1n) is 7.60. The van der Waals surface area contributed by atoms with Gasteiger partial charge in [-0.25, -0.2) is 8.42 Å². The second kappa shape index (κ2) is 6.77. The van der Waals surface area contributed by atoms with E-state index in [-0.39, 0.29) is 0 Å². The van der Waals surface area contributed by atoms with Crippen LogP contribution in [0.4, 0.5) is 0 Å². The molecule has 0 aliphatic carbocycles. The van der Waals surface area contributed by atoms with Crippen molar-refractivity contribution in [3.8, 4) is 0 Å². The molecule has 120 valence electrons. The van der Waals surface area contributed by atoms with Crippen molar-refractivity contribution in [1.82, 2.24) is 9.62 Å². The van der Waals surface area contributed by atoms with Gasteiger partial charge in [0.15, 0.2) is 0 Å². The van der Waals surface area contributed by atoms with E-state index in [1.54, 1.807) is 4.31 Å². The number of rotatable bonds is 5. The molecule has 1 aliphatic rings. The van der Waals surface area contributed by atoms with Gasteiger partial charge in [-0.15, -0.1) is 11.3 Å². The number of hydrogen-bond donors (Lipinski definition) is 1. The minimum Gasteiger partial charge on any atom is -0.315 e. The van der Waals surface area contributed by atoms with Gasteiger partial charge in [0, 0.05) is 24.5 Å². The molecule has 0 unspecified atom stereocenters. The van der Waals surface area contributed by atoms with Gasteiger partial charge in [-0.05, 0) is 50.3 Å². The van der Waals surface area contributed by atoms with Crippen molar-refractivity contribution in [2.75, 3.05) is 20.1 Å². The van der Waals surface area contributed by atoms with Gasteiger partial charge in [0.2, 0.25) is 0 Å². The molecule has 0 saturated carbocycles. The Balaban J connectivity index is 2.14.